The summed E-state index contributed by atoms with van der Waals surface area (Å²) >= 11 is 3.05. The van der Waals surface area contributed by atoms with Crippen LogP contribution in [0.1, 0.15) is 5.56 Å². The summed E-state index contributed by atoms with van der Waals surface area (Å²) in [5, 5.41) is 12.4. The summed E-state index contributed by atoms with van der Waals surface area (Å²) in [5.74, 6) is -1.44. The van der Waals surface area contributed by atoms with Gasteiger partial charge in [0.05, 0.1) is 4.47 Å². The molecule has 18 heavy (non-hydrogen) atoms. The lowest BCUT2D eigenvalue weighted by molar-refractivity contribution is 0.427. The van der Waals surface area contributed by atoms with Crippen molar-refractivity contribution in [2.24, 2.45) is 0 Å². The van der Waals surface area contributed by atoms with Crippen LogP contribution in [0, 0.1) is 11.6 Å². The average Bonchev–Trinajstić information content (AvgIpc) is 2.35. The van der Waals surface area contributed by atoms with Gasteiger partial charge < -0.3 is 10.4 Å². The molecule has 0 saturated heterocycles. The van der Waals surface area contributed by atoms with E-state index in [2.05, 4.69) is 21.2 Å². The van der Waals surface area contributed by atoms with Crippen LogP contribution in [0.4, 0.5) is 14.5 Å². The molecule has 5 heteroatoms. The Bertz CT molecular complexity index is 575. The summed E-state index contributed by atoms with van der Waals surface area (Å²) in [5.41, 5.74) is 0.970. The summed E-state index contributed by atoms with van der Waals surface area (Å²) in [6.45, 7) is 0.213. The second-order valence-electron chi connectivity index (χ2n) is 3.73. The van der Waals surface area contributed by atoms with Crippen LogP contribution in [0.25, 0.3) is 0 Å². The molecular formula is C13H10BrF2NO. The lowest BCUT2D eigenvalue weighted by atomic mass is 10.2. The number of hydrogen-bond donors (Lipinski definition) is 2. The van der Waals surface area contributed by atoms with E-state index in [-0.39, 0.29) is 18.1 Å². The van der Waals surface area contributed by atoms with Gasteiger partial charge in [-0.3, -0.25) is 0 Å². The molecule has 94 valence electrons. The molecule has 2 N–H and O–H groups in total. The van der Waals surface area contributed by atoms with E-state index in [1.54, 1.807) is 18.2 Å². The van der Waals surface area contributed by atoms with E-state index < -0.39 is 5.82 Å². The minimum Gasteiger partial charge on any atom is -0.505 e. The van der Waals surface area contributed by atoms with Gasteiger partial charge >= 0.3 is 0 Å². The van der Waals surface area contributed by atoms with E-state index >= 15 is 0 Å². The second-order valence-corrected chi connectivity index (χ2v) is 4.58. The minimum atomic E-state index is -0.670. The molecular weight excluding hydrogens is 304 g/mol. The third-order valence-corrected chi connectivity index (χ3v) is 3.12. The van der Waals surface area contributed by atoms with Crippen LogP contribution in [0.2, 0.25) is 0 Å². The number of benzene rings is 2. The fraction of sp³-hybridized carbons (Fsp3) is 0.0769. The normalized spacial score (nSPS) is 10.4. The van der Waals surface area contributed by atoms with E-state index in [9.17, 15) is 13.9 Å². The van der Waals surface area contributed by atoms with E-state index in [4.69, 9.17) is 0 Å². The van der Waals surface area contributed by atoms with Crippen molar-refractivity contribution in [3.63, 3.8) is 0 Å². The maximum Gasteiger partial charge on any atom is 0.165 e. The standard InChI is InChI=1S/C13H10BrF2NO/c14-10-5-4-9(6-12(10)16)17-7-8-2-1-3-11(15)13(8)18/h1-6,17-18H,7H2. The summed E-state index contributed by atoms with van der Waals surface area (Å²) < 4.78 is 26.7. The predicted octanol–water partition coefficient (Wildman–Crippen LogP) is 4.05. The fourth-order valence-electron chi connectivity index (χ4n) is 1.51. The number of para-hydroxylation sites is 1. The molecule has 0 aromatic heterocycles. The van der Waals surface area contributed by atoms with Crippen LogP contribution in [-0.2, 0) is 6.54 Å². The van der Waals surface area contributed by atoms with E-state index in [1.807, 2.05) is 0 Å². The Kier molecular flexibility index (Phi) is 3.81. The minimum absolute atomic E-state index is 0.213. The lowest BCUT2D eigenvalue weighted by Crippen LogP contribution is -2.00. The van der Waals surface area contributed by atoms with Crippen LogP contribution < -0.4 is 5.32 Å². The van der Waals surface area contributed by atoms with Crippen LogP contribution in [0.3, 0.4) is 0 Å². The molecule has 2 aromatic carbocycles. The summed E-state index contributed by atoms with van der Waals surface area (Å²) in [7, 11) is 0. The zero-order valence-electron chi connectivity index (χ0n) is 9.25. The molecule has 0 fully saturated rings. The number of rotatable bonds is 3. The van der Waals surface area contributed by atoms with Gasteiger partial charge in [0.25, 0.3) is 0 Å². The highest BCUT2D eigenvalue weighted by molar-refractivity contribution is 9.10. The maximum absolute atomic E-state index is 13.3. The highest BCUT2D eigenvalue weighted by Crippen LogP contribution is 2.23. The molecule has 0 unspecified atom stereocenters. The molecule has 2 aromatic rings. The summed E-state index contributed by atoms with van der Waals surface area (Å²) in [4.78, 5) is 0. The molecule has 2 nitrogen and oxygen atoms in total. The summed E-state index contributed by atoms with van der Waals surface area (Å²) in [6.07, 6.45) is 0. The summed E-state index contributed by atoms with van der Waals surface area (Å²) in [6, 6.07) is 8.86. The van der Waals surface area contributed by atoms with Crippen molar-refractivity contribution in [1.82, 2.24) is 0 Å². The molecule has 0 saturated carbocycles. The molecule has 0 atom stereocenters. The van der Waals surface area contributed by atoms with Gasteiger partial charge in [-0.15, -0.1) is 0 Å². The highest BCUT2D eigenvalue weighted by Gasteiger charge is 2.06. The van der Waals surface area contributed by atoms with Crippen LogP contribution in [0.15, 0.2) is 40.9 Å². The Labute approximate surface area is 111 Å². The average molecular weight is 314 g/mol. The number of aromatic hydroxyl groups is 1. The van der Waals surface area contributed by atoms with Gasteiger partial charge in [-0.1, -0.05) is 12.1 Å². The Hall–Kier alpha value is -1.62. The first-order valence-corrected chi connectivity index (χ1v) is 6.02. The Balaban J connectivity index is 2.11. The van der Waals surface area contributed by atoms with Crippen molar-refractivity contribution in [2.75, 3.05) is 5.32 Å². The molecule has 0 amide bonds. The third-order valence-electron chi connectivity index (χ3n) is 2.47. The highest BCUT2D eigenvalue weighted by atomic mass is 79.9. The van der Waals surface area contributed by atoms with Crippen molar-refractivity contribution < 1.29 is 13.9 Å². The van der Waals surface area contributed by atoms with Crippen molar-refractivity contribution in [3.8, 4) is 5.75 Å². The number of hydrogen-bond acceptors (Lipinski definition) is 2. The number of halogens is 3. The molecule has 0 bridgehead atoms. The predicted molar refractivity (Wildman–Crippen MR) is 69.5 cm³/mol. The molecule has 0 aliphatic carbocycles. The Morgan fingerprint density at radius 1 is 1.11 bits per heavy atom. The first-order chi connectivity index (χ1) is 8.58. The van der Waals surface area contributed by atoms with Crippen LogP contribution in [0.5, 0.6) is 5.75 Å². The van der Waals surface area contributed by atoms with Crippen molar-refractivity contribution in [1.29, 1.82) is 0 Å². The van der Waals surface area contributed by atoms with Gasteiger partial charge in [-0.25, -0.2) is 8.78 Å². The lowest BCUT2D eigenvalue weighted by Gasteiger charge is -2.09. The van der Waals surface area contributed by atoms with Gasteiger partial charge in [0, 0.05) is 17.8 Å². The smallest absolute Gasteiger partial charge is 0.165 e. The molecule has 2 rings (SSSR count). The number of phenols is 1. The molecule has 0 radical (unpaired) electrons. The van der Waals surface area contributed by atoms with Crippen LogP contribution in [-0.4, -0.2) is 5.11 Å². The maximum atomic E-state index is 13.3. The van der Waals surface area contributed by atoms with Gasteiger partial charge in [0.1, 0.15) is 5.82 Å². The van der Waals surface area contributed by atoms with E-state index in [1.165, 1.54) is 18.2 Å². The SMILES string of the molecule is Oc1c(F)cccc1CNc1ccc(Br)c(F)c1. The quantitative estimate of drug-likeness (QED) is 0.896. The zero-order valence-corrected chi connectivity index (χ0v) is 10.8. The monoisotopic (exact) mass is 313 g/mol. The second kappa shape index (κ2) is 5.35. The van der Waals surface area contributed by atoms with E-state index in [0.29, 0.717) is 15.7 Å². The third kappa shape index (κ3) is 2.79. The Morgan fingerprint density at radius 2 is 1.89 bits per heavy atom. The zero-order chi connectivity index (χ0) is 13.1. The van der Waals surface area contributed by atoms with Crippen molar-refractivity contribution in [2.45, 2.75) is 6.54 Å². The molecule has 0 aliphatic heterocycles. The first kappa shape index (κ1) is 12.8. The number of anilines is 1. The van der Waals surface area contributed by atoms with Gasteiger partial charge in [-0.2, -0.15) is 0 Å². The Morgan fingerprint density at radius 3 is 2.61 bits per heavy atom. The van der Waals surface area contributed by atoms with Crippen molar-refractivity contribution >= 4 is 21.6 Å². The van der Waals surface area contributed by atoms with Gasteiger partial charge in [0.2, 0.25) is 0 Å². The topological polar surface area (TPSA) is 32.3 Å². The van der Waals surface area contributed by atoms with Crippen molar-refractivity contribution in [3.05, 3.63) is 58.1 Å². The fourth-order valence-corrected chi connectivity index (χ4v) is 1.75. The van der Waals surface area contributed by atoms with Gasteiger partial charge in [0.15, 0.2) is 11.6 Å². The van der Waals surface area contributed by atoms with E-state index in [0.717, 1.165) is 0 Å². The molecule has 0 heterocycles. The van der Waals surface area contributed by atoms with Crippen LogP contribution >= 0.6 is 15.9 Å². The number of nitrogens with one attached hydrogen (secondary N) is 1. The van der Waals surface area contributed by atoms with Gasteiger partial charge in [-0.05, 0) is 40.2 Å². The first-order valence-electron chi connectivity index (χ1n) is 5.23. The molecule has 0 spiro atoms. The number of phenolic OH excluding ortho intramolecular Hbond substituents is 1. The molecule has 0 aliphatic rings. The largest absolute Gasteiger partial charge is 0.505 e.